The quantitative estimate of drug-likeness (QED) is 0.889. The summed E-state index contributed by atoms with van der Waals surface area (Å²) in [5.41, 5.74) is 6.12. The van der Waals surface area contributed by atoms with Gasteiger partial charge in [0.05, 0.1) is 5.52 Å². The van der Waals surface area contributed by atoms with Crippen molar-refractivity contribution in [2.75, 3.05) is 6.54 Å². The minimum absolute atomic E-state index is 0.145. The monoisotopic (exact) mass is 347 g/mol. The van der Waals surface area contributed by atoms with Gasteiger partial charge >= 0.3 is 6.09 Å². The zero-order valence-corrected chi connectivity index (χ0v) is 13.8. The van der Waals surface area contributed by atoms with Crippen LogP contribution in [0.1, 0.15) is 29.8 Å². The Bertz CT molecular complexity index is 781. The van der Waals surface area contributed by atoms with Crippen molar-refractivity contribution in [2.24, 2.45) is 11.7 Å². The molecule has 0 saturated heterocycles. The highest BCUT2D eigenvalue weighted by atomic mass is 35.5. The summed E-state index contributed by atoms with van der Waals surface area (Å²) in [6.07, 6.45) is 1.49. The molecule has 1 aliphatic carbocycles. The fraction of sp³-hybridized carbons (Fsp3) is 0.353. The van der Waals surface area contributed by atoms with E-state index in [1.54, 1.807) is 18.2 Å². The number of pyridine rings is 1. The van der Waals surface area contributed by atoms with E-state index >= 15 is 0 Å². The number of nitrogens with two attached hydrogens (primary N) is 1. The lowest BCUT2D eigenvalue weighted by Crippen LogP contribution is -2.29. The van der Waals surface area contributed by atoms with Gasteiger partial charge in [-0.15, -0.1) is 0 Å². The van der Waals surface area contributed by atoms with Gasteiger partial charge in [0.25, 0.3) is 5.91 Å². The number of primary amides is 1. The molecule has 3 N–H and O–H groups in total. The summed E-state index contributed by atoms with van der Waals surface area (Å²) in [6, 6.07) is 8.85. The van der Waals surface area contributed by atoms with Crippen molar-refractivity contribution in [3.05, 3.63) is 41.0 Å². The van der Waals surface area contributed by atoms with Gasteiger partial charge < -0.3 is 15.8 Å². The first kappa shape index (κ1) is 16.5. The second-order valence-corrected chi connectivity index (χ2v) is 6.42. The summed E-state index contributed by atoms with van der Waals surface area (Å²) >= 11 is 5.94. The minimum Gasteiger partial charge on any atom is -0.446 e. The van der Waals surface area contributed by atoms with Crippen LogP contribution in [0.5, 0.6) is 0 Å². The Labute approximate surface area is 144 Å². The number of amides is 2. The predicted molar refractivity (Wildman–Crippen MR) is 90.9 cm³/mol. The molecule has 0 aliphatic heterocycles. The molecule has 3 rings (SSSR count). The van der Waals surface area contributed by atoms with E-state index in [9.17, 15) is 9.59 Å². The number of nitrogens with zero attached hydrogens (tertiary/aromatic N) is 1. The molecule has 0 bridgehead atoms. The van der Waals surface area contributed by atoms with E-state index in [4.69, 9.17) is 22.1 Å². The molecular formula is C17H18ClN3O3. The highest BCUT2D eigenvalue weighted by Gasteiger charge is 2.27. The second-order valence-electron chi connectivity index (χ2n) is 5.98. The molecule has 24 heavy (non-hydrogen) atoms. The van der Waals surface area contributed by atoms with Crippen LogP contribution in [-0.2, 0) is 4.74 Å². The van der Waals surface area contributed by atoms with Crippen LogP contribution in [0.15, 0.2) is 30.3 Å². The van der Waals surface area contributed by atoms with Crippen molar-refractivity contribution in [3.8, 4) is 0 Å². The molecule has 0 radical (unpaired) electrons. The van der Waals surface area contributed by atoms with E-state index in [0.29, 0.717) is 23.7 Å². The van der Waals surface area contributed by atoms with Gasteiger partial charge in [-0.05, 0) is 49.4 Å². The number of hydrogen-bond donors (Lipinski definition) is 2. The fourth-order valence-electron chi connectivity index (χ4n) is 3.04. The largest absolute Gasteiger partial charge is 0.446 e. The van der Waals surface area contributed by atoms with Crippen molar-refractivity contribution >= 4 is 34.5 Å². The van der Waals surface area contributed by atoms with Crippen molar-refractivity contribution < 1.29 is 14.3 Å². The Morgan fingerprint density at radius 3 is 2.92 bits per heavy atom. The molecule has 1 aromatic carbocycles. The summed E-state index contributed by atoms with van der Waals surface area (Å²) in [7, 11) is 0. The summed E-state index contributed by atoms with van der Waals surface area (Å²) in [6.45, 7) is 0.526. The van der Waals surface area contributed by atoms with E-state index in [-0.39, 0.29) is 17.9 Å². The third kappa shape index (κ3) is 3.94. The summed E-state index contributed by atoms with van der Waals surface area (Å²) in [5, 5.41) is 4.42. The maximum Gasteiger partial charge on any atom is 0.404 e. The molecule has 6 nitrogen and oxygen atoms in total. The van der Waals surface area contributed by atoms with Gasteiger partial charge in [-0.25, -0.2) is 9.78 Å². The molecule has 1 fully saturated rings. The second kappa shape index (κ2) is 7.05. The zero-order chi connectivity index (χ0) is 17.1. The minimum atomic E-state index is -0.745. The molecule has 2 aromatic rings. The van der Waals surface area contributed by atoms with Gasteiger partial charge in [0.1, 0.15) is 11.8 Å². The Morgan fingerprint density at radius 1 is 1.29 bits per heavy atom. The maximum absolute atomic E-state index is 12.3. The van der Waals surface area contributed by atoms with Gasteiger partial charge in [-0.2, -0.15) is 0 Å². The van der Waals surface area contributed by atoms with E-state index < -0.39 is 6.09 Å². The van der Waals surface area contributed by atoms with Crippen molar-refractivity contribution in [2.45, 2.75) is 25.4 Å². The normalized spacial score (nSPS) is 20.0. The van der Waals surface area contributed by atoms with Gasteiger partial charge in [0.15, 0.2) is 0 Å². The molecule has 0 spiro atoms. The summed E-state index contributed by atoms with van der Waals surface area (Å²) in [5.74, 6) is 0.0590. The SMILES string of the molecule is NC(=O)OC1CCC(CNC(=O)c2ccc3cc(Cl)ccc3n2)C1. The number of fused-ring (bicyclic) bond motifs is 1. The number of carbonyl (C=O) groups excluding carboxylic acids is 2. The average molecular weight is 348 g/mol. The third-order valence-electron chi connectivity index (χ3n) is 4.21. The molecule has 1 heterocycles. The molecule has 2 atom stereocenters. The number of nitrogens with one attached hydrogen (secondary N) is 1. The van der Waals surface area contributed by atoms with Gasteiger partial charge in [-0.3, -0.25) is 4.79 Å². The number of rotatable bonds is 4. The van der Waals surface area contributed by atoms with Crippen molar-refractivity contribution in [1.29, 1.82) is 0 Å². The lowest BCUT2D eigenvalue weighted by Gasteiger charge is -2.12. The number of benzene rings is 1. The topological polar surface area (TPSA) is 94.3 Å². The number of halogens is 1. The molecule has 126 valence electrons. The van der Waals surface area contributed by atoms with Gasteiger partial charge in [0, 0.05) is 17.0 Å². The Morgan fingerprint density at radius 2 is 2.12 bits per heavy atom. The average Bonchev–Trinajstić information content (AvgIpc) is 2.98. The van der Waals surface area contributed by atoms with E-state index in [1.807, 2.05) is 12.1 Å². The number of carbonyl (C=O) groups is 2. The lowest BCUT2D eigenvalue weighted by molar-refractivity contribution is 0.0932. The van der Waals surface area contributed by atoms with Crippen LogP contribution < -0.4 is 11.1 Å². The maximum atomic E-state index is 12.3. The Hall–Kier alpha value is -2.34. The number of ether oxygens (including phenoxy) is 1. The van der Waals surface area contributed by atoms with Crippen LogP contribution >= 0.6 is 11.6 Å². The molecule has 1 saturated carbocycles. The highest BCUT2D eigenvalue weighted by molar-refractivity contribution is 6.31. The van der Waals surface area contributed by atoms with Crippen LogP contribution in [0.2, 0.25) is 5.02 Å². The molecule has 2 amide bonds. The smallest absolute Gasteiger partial charge is 0.404 e. The van der Waals surface area contributed by atoms with Crippen molar-refractivity contribution in [1.82, 2.24) is 10.3 Å². The van der Waals surface area contributed by atoms with Crippen LogP contribution in [0.3, 0.4) is 0 Å². The third-order valence-corrected chi connectivity index (χ3v) is 4.45. The predicted octanol–water partition coefficient (Wildman–Crippen LogP) is 2.88. The number of aromatic nitrogens is 1. The molecule has 1 aromatic heterocycles. The Kier molecular flexibility index (Phi) is 4.85. The summed E-state index contributed by atoms with van der Waals surface area (Å²) < 4.78 is 4.99. The van der Waals surface area contributed by atoms with E-state index in [1.165, 1.54) is 0 Å². The van der Waals surface area contributed by atoms with Gasteiger partial charge in [-0.1, -0.05) is 17.7 Å². The van der Waals surface area contributed by atoms with Crippen molar-refractivity contribution in [3.63, 3.8) is 0 Å². The first-order chi connectivity index (χ1) is 11.5. The molecule has 2 unspecified atom stereocenters. The van der Waals surface area contributed by atoms with Crippen LogP contribution in [0, 0.1) is 5.92 Å². The highest BCUT2D eigenvalue weighted by Crippen LogP contribution is 2.27. The van der Waals surface area contributed by atoms with Crippen LogP contribution in [-0.4, -0.2) is 29.6 Å². The standard InChI is InChI=1S/C17H18ClN3O3/c18-12-3-6-14-11(8-12)2-5-15(21-14)16(22)20-9-10-1-4-13(7-10)24-17(19)23/h2-3,5-6,8,10,13H,1,4,7,9H2,(H2,19,23)(H,20,22). The lowest BCUT2D eigenvalue weighted by atomic mass is 10.1. The summed E-state index contributed by atoms with van der Waals surface area (Å²) in [4.78, 5) is 27.4. The fourth-order valence-corrected chi connectivity index (χ4v) is 3.22. The van der Waals surface area contributed by atoms with E-state index in [2.05, 4.69) is 10.3 Å². The van der Waals surface area contributed by atoms with Gasteiger partial charge in [0.2, 0.25) is 0 Å². The van der Waals surface area contributed by atoms with E-state index in [0.717, 1.165) is 23.7 Å². The first-order valence-electron chi connectivity index (χ1n) is 7.82. The molecular weight excluding hydrogens is 330 g/mol. The first-order valence-corrected chi connectivity index (χ1v) is 8.19. The van der Waals surface area contributed by atoms with Crippen LogP contribution in [0.4, 0.5) is 4.79 Å². The molecule has 1 aliphatic rings. The zero-order valence-electron chi connectivity index (χ0n) is 13.0. The molecule has 7 heteroatoms. The number of hydrogen-bond acceptors (Lipinski definition) is 4. The van der Waals surface area contributed by atoms with Crippen LogP contribution in [0.25, 0.3) is 10.9 Å². The Balaban J connectivity index is 1.57.